The van der Waals surface area contributed by atoms with E-state index in [1.54, 1.807) is 0 Å². The van der Waals surface area contributed by atoms with Gasteiger partial charge in [0.2, 0.25) is 11.8 Å². The van der Waals surface area contributed by atoms with Crippen molar-refractivity contribution in [2.75, 3.05) is 12.4 Å². The summed E-state index contributed by atoms with van der Waals surface area (Å²) in [5, 5.41) is 2.71. The molecule has 0 aliphatic rings. The largest absolute Gasteiger partial charge is 0.370 e. The fourth-order valence-corrected chi connectivity index (χ4v) is 1.15. The third kappa shape index (κ3) is 9.32. The van der Waals surface area contributed by atoms with Gasteiger partial charge in [-0.15, -0.1) is 11.6 Å². The van der Waals surface area contributed by atoms with Crippen molar-refractivity contribution in [2.24, 2.45) is 5.73 Å². The molecule has 0 heterocycles. The molecule has 0 unspecified atom stereocenters. The first-order valence-electron chi connectivity index (χ1n) is 4.77. The molecule has 0 radical (unpaired) electrons. The maximum atomic E-state index is 11.1. The summed E-state index contributed by atoms with van der Waals surface area (Å²) in [5.74, 6) is 0.274. The Kier molecular flexibility index (Phi) is 8.33. The Morgan fingerprint density at radius 1 is 1.14 bits per heavy atom. The van der Waals surface area contributed by atoms with Crippen molar-refractivity contribution in [1.29, 1.82) is 0 Å². The predicted molar refractivity (Wildman–Crippen MR) is 56.0 cm³/mol. The molecule has 0 aromatic carbocycles. The molecule has 2 amide bonds. The topological polar surface area (TPSA) is 72.2 Å². The first-order chi connectivity index (χ1) is 6.66. The molecule has 0 spiro atoms. The molecule has 0 saturated heterocycles. The van der Waals surface area contributed by atoms with E-state index in [1.165, 1.54) is 0 Å². The Morgan fingerprint density at radius 3 is 2.43 bits per heavy atom. The maximum Gasteiger partial charge on any atom is 0.219 e. The number of nitrogens with two attached hydrogens (primary N) is 1. The van der Waals surface area contributed by atoms with Crippen LogP contribution < -0.4 is 11.1 Å². The highest BCUT2D eigenvalue weighted by Crippen LogP contribution is 1.96. The molecule has 0 aromatic heterocycles. The summed E-state index contributed by atoms with van der Waals surface area (Å²) in [4.78, 5) is 21.4. The van der Waals surface area contributed by atoms with Crippen LogP contribution in [0.25, 0.3) is 0 Å². The molecule has 0 saturated carbocycles. The highest BCUT2D eigenvalue weighted by Gasteiger charge is 2.00. The van der Waals surface area contributed by atoms with E-state index >= 15 is 0 Å². The van der Waals surface area contributed by atoms with E-state index in [0.717, 1.165) is 12.8 Å². The van der Waals surface area contributed by atoms with Crippen molar-refractivity contribution in [2.45, 2.75) is 32.1 Å². The van der Waals surface area contributed by atoms with E-state index in [1.807, 2.05) is 0 Å². The Labute approximate surface area is 89.2 Å². The molecule has 0 aliphatic heterocycles. The summed E-state index contributed by atoms with van der Waals surface area (Å²) in [6, 6.07) is 0. The first-order valence-corrected chi connectivity index (χ1v) is 5.31. The Balaban J connectivity index is 3.22. The second kappa shape index (κ2) is 8.81. The number of carbonyl (C=O) groups excluding carboxylic acids is 2. The van der Waals surface area contributed by atoms with E-state index < -0.39 is 0 Å². The molecule has 82 valence electrons. The average molecular weight is 221 g/mol. The van der Waals surface area contributed by atoms with Crippen molar-refractivity contribution in [1.82, 2.24) is 5.32 Å². The fraction of sp³-hybridized carbons (Fsp3) is 0.778. The quantitative estimate of drug-likeness (QED) is 0.469. The molecule has 4 nitrogen and oxygen atoms in total. The second-order valence-electron chi connectivity index (χ2n) is 3.07. The Hall–Kier alpha value is -0.770. The third-order valence-electron chi connectivity index (χ3n) is 1.71. The molecule has 5 heteroatoms. The average Bonchev–Trinajstić information content (AvgIpc) is 2.13. The van der Waals surface area contributed by atoms with Crippen molar-refractivity contribution in [3.63, 3.8) is 0 Å². The molecule has 3 N–H and O–H groups in total. The zero-order chi connectivity index (χ0) is 10.8. The SMILES string of the molecule is NC(=O)CCCNC(=O)CCCCCl. The van der Waals surface area contributed by atoms with Crippen LogP contribution in [0.15, 0.2) is 0 Å². The number of hydrogen-bond donors (Lipinski definition) is 2. The van der Waals surface area contributed by atoms with Crippen LogP contribution in [0.2, 0.25) is 0 Å². The zero-order valence-corrected chi connectivity index (χ0v) is 8.98. The van der Waals surface area contributed by atoms with Crippen molar-refractivity contribution in [3.05, 3.63) is 0 Å². The number of carbonyl (C=O) groups is 2. The predicted octanol–water partition coefficient (Wildman–Crippen LogP) is 0.777. The normalized spacial score (nSPS) is 9.79. The molecule has 14 heavy (non-hydrogen) atoms. The molecule has 0 aliphatic carbocycles. The second-order valence-corrected chi connectivity index (χ2v) is 3.44. The van der Waals surface area contributed by atoms with Crippen LogP contribution in [-0.2, 0) is 9.59 Å². The zero-order valence-electron chi connectivity index (χ0n) is 8.22. The van der Waals surface area contributed by atoms with Crippen molar-refractivity contribution < 1.29 is 9.59 Å². The van der Waals surface area contributed by atoms with Gasteiger partial charge < -0.3 is 11.1 Å². The van der Waals surface area contributed by atoms with Gasteiger partial charge >= 0.3 is 0 Å². The summed E-state index contributed by atoms with van der Waals surface area (Å²) in [7, 11) is 0. The van der Waals surface area contributed by atoms with Crippen LogP contribution in [0.5, 0.6) is 0 Å². The van der Waals surface area contributed by atoms with Gasteiger partial charge in [0.1, 0.15) is 0 Å². The van der Waals surface area contributed by atoms with Crippen LogP contribution >= 0.6 is 11.6 Å². The van der Waals surface area contributed by atoms with E-state index in [4.69, 9.17) is 17.3 Å². The maximum absolute atomic E-state index is 11.1. The summed E-state index contributed by atoms with van der Waals surface area (Å²) in [6.45, 7) is 0.517. The number of rotatable bonds is 8. The summed E-state index contributed by atoms with van der Waals surface area (Å²) in [5.41, 5.74) is 4.94. The number of halogens is 1. The van der Waals surface area contributed by atoms with Crippen molar-refractivity contribution >= 4 is 23.4 Å². The lowest BCUT2D eigenvalue weighted by atomic mass is 10.2. The highest BCUT2D eigenvalue weighted by atomic mass is 35.5. The number of hydrogen-bond acceptors (Lipinski definition) is 2. The molecule has 0 bridgehead atoms. The molecule has 0 rings (SSSR count). The van der Waals surface area contributed by atoms with E-state index in [9.17, 15) is 9.59 Å². The Morgan fingerprint density at radius 2 is 1.86 bits per heavy atom. The van der Waals surface area contributed by atoms with Gasteiger partial charge in [-0.2, -0.15) is 0 Å². The van der Waals surface area contributed by atoms with Gasteiger partial charge in [-0.05, 0) is 19.3 Å². The molecule has 0 atom stereocenters. The molecule has 0 fully saturated rings. The molecular weight excluding hydrogens is 204 g/mol. The minimum Gasteiger partial charge on any atom is -0.370 e. The van der Waals surface area contributed by atoms with Gasteiger partial charge in [-0.3, -0.25) is 9.59 Å². The number of amides is 2. The van der Waals surface area contributed by atoms with Gasteiger partial charge in [0.25, 0.3) is 0 Å². The minimum atomic E-state index is -0.332. The summed E-state index contributed by atoms with van der Waals surface area (Å²) >= 11 is 5.46. The van der Waals surface area contributed by atoms with Gasteiger partial charge in [0.05, 0.1) is 0 Å². The smallest absolute Gasteiger partial charge is 0.219 e. The fourth-order valence-electron chi connectivity index (χ4n) is 0.959. The van der Waals surface area contributed by atoms with Gasteiger partial charge in [-0.1, -0.05) is 0 Å². The number of primary amides is 1. The summed E-state index contributed by atoms with van der Waals surface area (Å²) < 4.78 is 0. The van der Waals surface area contributed by atoms with Crippen LogP contribution in [-0.4, -0.2) is 24.2 Å². The molecule has 0 aromatic rings. The van der Waals surface area contributed by atoms with Crippen LogP contribution in [0.3, 0.4) is 0 Å². The number of alkyl halides is 1. The first kappa shape index (κ1) is 13.2. The lowest BCUT2D eigenvalue weighted by molar-refractivity contribution is -0.122. The lowest BCUT2D eigenvalue weighted by Gasteiger charge is -2.03. The monoisotopic (exact) mass is 220 g/mol. The van der Waals surface area contributed by atoms with Crippen LogP contribution in [0.1, 0.15) is 32.1 Å². The summed E-state index contributed by atoms with van der Waals surface area (Å²) in [6.07, 6.45) is 3.10. The van der Waals surface area contributed by atoms with E-state index in [0.29, 0.717) is 31.7 Å². The minimum absolute atomic E-state index is 0.0135. The Bertz CT molecular complexity index is 186. The van der Waals surface area contributed by atoms with Crippen LogP contribution in [0, 0.1) is 0 Å². The number of unbranched alkanes of at least 4 members (excludes halogenated alkanes) is 1. The standard InChI is InChI=1S/C9H17ClN2O2/c10-6-2-1-5-9(14)12-7-3-4-8(11)13/h1-7H2,(H2,11,13)(H,12,14). The number of nitrogens with one attached hydrogen (secondary N) is 1. The van der Waals surface area contributed by atoms with Crippen LogP contribution in [0.4, 0.5) is 0 Å². The lowest BCUT2D eigenvalue weighted by Crippen LogP contribution is -2.25. The highest BCUT2D eigenvalue weighted by molar-refractivity contribution is 6.17. The third-order valence-corrected chi connectivity index (χ3v) is 1.98. The van der Waals surface area contributed by atoms with E-state index in [2.05, 4.69) is 5.32 Å². The van der Waals surface area contributed by atoms with E-state index in [-0.39, 0.29) is 11.8 Å². The van der Waals surface area contributed by atoms with Crippen molar-refractivity contribution in [3.8, 4) is 0 Å². The van der Waals surface area contributed by atoms with Gasteiger partial charge in [0, 0.05) is 25.3 Å². The van der Waals surface area contributed by atoms with Gasteiger partial charge in [0.15, 0.2) is 0 Å². The molecular formula is C9H17ClN2O2. The van der Waals surface area contributed by atoms with Gasteiger partial charge in [-0.25, -0.2) is 0 Å².